The van der Waals surface area contributed by atoms with Crippen LogP contribution in [0.2, 0.25) is 5.02 Å². The van der Waals surface area contributed by atoms with E-state index in [2.05, 4.69) is 19.2 Å². The number of likely N-dealkylation sites (tertiary alicyclic amines) is 1. The molecule has 2 aromatic carbocycles. The average molecular weight is 399 g/mol. The Morgan fingerprint density at radius 3 is 2.39 bits per heavy atom. The third kappa shape index (κ3) is 4.93. The number of benzene rings is 2. The summed E-state index contributed by atoms with van der Waals surface area (Å²) in [5.41, 5.74) is 1.71. The summed E-state index contributed by atoms with van der Waals surface area (Å²) < 4.78 is 0. The topological polar surface area (TPSA) is 49.4 Å². The van der Waals surface area contributed by atoms with Crippen LogP contribution in [0.4, 0.5) is 0 Å². The maximum absolute atomic E-state index is 13.0. The summed E-state index contributed by atoms with van der Waals surface area (Å²) in [5, 5.41) is 3.82. The van der Waals surface area contributed by atoms with Crippen molar-refractivity contribution in [3.8, 4) is 0 Å². The summed E-state index contributed by atoms with van der Waals surface area (Å²) in [4.78, 5) is 27.5. The largest absolute Gasteiger partial charge is 0.349 e. The third-order valence-electron chi connectivity index (χ3n) is 5.29. The Morgan fingerprint density at radius 2 is 1.75 bits per heavy atom. The van der Waals surface area contributed by atoms with E-state index in [1.54, 1.807) is 29.2 Å². The van der Waals surface area contributed by atoms with Crippen LogP contribution in [-0.4, -0.2) is 29.8 Å². The second-order valence-electron chi connectivity index (χ2n) is 7.74. The summed E-state index contributed by atoms with van der Waals surface area (Å²) in [6.45, 7) is 5.34. The molecule has 1 aliphatic heterocycles. The molecule has 0 spiro atoms. The zero-order chi connectivity index (χ0) is 20.1. The molecule has 1 aliphatic rings. The Kier molecular flexibility index (Phi) is 6.74. The van der Waals surface area contributed by atoms with Crippen LogP contribution in [-0.2, 0) is 4.79 Å². The molecule has 2 atom stereocenters. The molecule has 2 unspecified atom stereocenters. The molecule has 1 saturated heterocycles. The van der Waals surface area contributed by atoms with Crippen LogP contribution in [0.15, 0.2) is 54.6 Å². The number of nitrogens with one attached hydrogen (secondary N) is 1. The van der Waals surface area contributed by atoms with E-state index in [0.29, 0.717) is 23.7 Å². The smallest absolute Gasteiger partial charge is 0.253 e. The first kappa shape index (κ1) is 20.4. The van der Waals surface area contributed by atoms with Crippen molar-refractivity contribution in [3.05, 3.63) is 70.7 Å². The molecule has 1 N–H and O–H groups in total. The van der Waals surface area contributed by atoms with Crippen molar-refractivity contribution < 1.29 is 9.59 Å². The highest BCUT2D eigenvalue weighted by molar-refractivity contribution is 6.30. The maximum Gasteiger partial charge on any atom is 0.253 e. The van der Waals surface area contributed by atoms with Gasteiger partial charge in [0.15, 0.2) is 0 Å². The molecule has 0 bridgehead atoms. The summed E-state index contributed by atoms with van der Waals surface area (Å²) in [6.07, 6.45) is 1.63. The SMILES string of the molecule is CC(C)C(NC(=O)C1CCCN(C(=O)c2ccc(Cl)cc2)C1)c1ccccc1. The highest BCUT2D eigenvalue weighted by atomic mass is 35.5. The average Bonchev–Trinajstić information content (AvgIpc) is 2.72. The van der Waals surface area contributed by atoms with Crippen molar-refractivity contribution in [2.24, 2.45) is 11.8 Å². The maximum atomic E-state index is 13.0. The zero-order valence-electron chi connectivity index (χ0n) is 16.4. The minimum absolute atomic E-state index is 0.0242. The molecule has 148 valence electrons. The van der Waals surface area contributed by atoms with Gasteiger partial charge in [-0.25, -0.2) is 0 Å². The normalized spacial score (nSPS) is 18.0. The molecule has 1 fully saturated rings. The molecular weight excluding hydrogens is 372 g/mol. The van der Waals surface area contributed by atoms with E-state index in [9.17, 15) is 9.59 Å². The van der Waals surface area contributed by atoms with Gasteiger partial charge in [-0.1, -0.05) is 55.8 Å². The third-order valence-corrected chi connectivity index (χ3v) is 5.55. The Morgan fingerprint density at radius 1 is 1.07 bits per heavy atom. The van der Waals surface area contributed by atoms with E-state index in [1.165, 1.54) is 0 Å². The summed E-state index contributed by atoms with van der Waals surface area (Å²) in [6, 6.07) is 16.9. The molecule has 5 heteroatoms. The first-order valence-corrected chi connectivity index (χ1v) is 10.2. The fourth-order valence-corrected chi connectivity index (χ4v) is 3.84. The quantitative estimate of drug-likeness (QED) is 0.793. The van der Waals surface area contributed by atoms with Gasteiger partial charge in [0.05, 0.1) is 12.0 Å². The minimum atomic E-state index is -0.185. The number of rotatable bonds is 5. The molecule has 0 aliphatic carbocycles. The minimum Gasteiger partial charge on any atom is -0.349 e. The van der Waals surface area contributed by atoms with Crippen LogP contribution in [0.5, 0.6) is 0 Å². The molecule has 28 heavy (non-hydrogen) atoms. The van der Waals surface area contributed by atoms with E-state index in [-0.39, 0.29) is 29.7 Å². The molecule has 0 saturated carbocycles. The lowest BCUT2D eigenvalue weighted by atomic mass is 9.92. The number of halogens is 1. The molecule has 3 rings (SSSR count). The first-order chi connectivity index (χ1) is 13.5. The molecular formula is C23H27ClN2O2. The second-order valence-corrected chi connectivity index (χ2v) is 8.17. The van der Waals surface area contributed by atoms with Crippen LogP contribution in [0.3, 0.4) is 0 Å². The van der Waals surface area contributed by atoms with Gasteiger partial charge in [-0.15, -0.1) is 0 Å². The lowest BCUT2D eigenvalue weighted by Crippen LogP contribution is -2.46. The molecule has 2 amide bonds. The van der Waals surface area contributed by atoms with Crippen molar-refractivity contribution in [2.45, 2.75) is 32.7 Å². The Balaban J connectivity index is 1.66. The van der Waals surface area contributed by atoms with Crippen LogP contribution in [0, 0.1) is 11.8 Å². The van der Waals surface area contributed by atoms with Crippen molar-refractivity contribution in [1.82, 2.24) is 10.2 Å². The van der Waals surface area contributed by atoms with Crippen LogP contribution in [0.1, 0.15) is 48.7 Å². The van der Waals surface area contributed by atoms with E-state index < -0.39 is 0 Å². The van der Waals surface area contributed by atoms with E-state index in [4.69, 9.17) is 11.6 Å². The number of carbonyl (C=O) groups is 2. The van der Waals surface area contributed by atoms with Gasteiger partial charge in [-0.05, 0) is 48.6 Å². The lowest BCUT2D eigenvalue weighted by molar-refractivity contribution is -0.127. The summed E-state index contributed by atoms with van der Waals surface area (Å²) >= 11 is 5.91. The van der Waals surface area contributed by atoms with Gasteiger partial charge in [-0.2, -0.15) is 0 Å². The number of hydrogen-bond acceptors (Lipinski definition) is 2. The number of carbonyl (C=O) groups excluding carboxylic acids is 2. The van der Waals surface area contributed by atoms with Crippen molar-refractivity contribution in [2.75, 3.05) is 13.1 Å². The van der Waals surface area contributed by atoms with Crippen molar-refractivity contribution in [1.29, 1.82) is 0 Å². The number of amides is 2. The molecule has 4 nitrogen and oxygen atoms in total. The van der Waals surface area contributed by atoms with Gasteiger partial charge < -0.3 is 10.2 Å². The van der Waals surface area contributed by atoms with Gasteiger partial charge >= 0.3 is 0 Å². The predicted molar refractivity (Wildman–Crippen MR) is 112 cm³/mol. The highest BCUT2D eigenvalue weighted by Crippen LogP contribution is 2.24. The van der Waals surface area contributed by atoms with Gasteiger partial charge in [0, 0.05) is 23.7 Å². The number of hydrogen-bond donors (Lipinski definition) is 1. The summed E-state index contributed by atoms with van der Waals surface area (Å²) in [5.74, 6) is 0.0745. The van der Waals surface area contributed by atoms with Gasteiger partial charge in [-0.3, -0.25) is 9.59 Å². The fraction of sp³-hybridized carbons (Fsp3) is 0.391. The molecule has 2 aromatic rings. The number of nitrogens with zero attached hydrogens (tertiary/aromatic N) is 1. The summed E-state index contributed by atoms with van der Waals surface area (Å²) in [7, 11) is 0. The Bertz CT molecular complexity index is 805. The monoisotopic (exact) mass is 398 g/mol. The van der Waals surface area contributed by atoms with E-state index >= 15 is 0 Å². The van der Waals surface area contributed by atoms with E-state index in [0.717, 1.165) is 18.4 Å². The van der Waals surface area contributed by atoms with Gasteiger partial charge in [0.2, 0.25) is 5.91 Å². The van der Waals surface area contributed by atoms with Crippen LogP contribution in [0.25, 0.3) is 0 Å². The van der Waals surface area contributed by atoms with Gasteiger partial charge in [0.25, 0.3) is 5.91 Å². The second kappa shape index (κ2) is 9.24. The lowest BCUT2D eigenvalue weighted by Gasteiger charge is -2.33. The number of piperidine rings is 1. The van der Waals surface area contributed by atoms with Gasteiger partial charge in [0.1, 0.15) is 0 Å². The Hall–Kier alpha value is -2.33. The van der Waals surface area contributed by atoms with Crippen molar-refractivity contribution >= 4 is 23.4 Å². The van der Waals surface area contributed by atoms with Crippen LogP contribution < -0.4 is 5.32 Å². The molecule has 0 aromatic heterocycles. The predicted octanol–water partition coefficient (Wildman–Crippen LogP) is 4.71. The highest BCUT2D eigenvalue weighted by Gasteiger charge is 2.30. The Labute approximate surface area is 171 Å². The first-order valence-electron chi connectivity index (χ1n) is 9.86. The van der Waals surface area contributed by atoms with Crippen LogP contribution >= 0.6 is 11.6 Å². The molecule has 0 radical (unpaired) electrons. The van der Waals surface area contributed by atoms with Crippen molar-refractivity contribution in [3.63, 3.8) is 0 Å². The molecule has 1 heterocycles. The zero-order valence-corrected chi connectivity index (χ0v) is 17.2. The van der Waals surface area contributed by atoms with E-state index in [1.807, 2.05) is 30.3 Å². The standard InChI is InChI=1S/C23H27ClN2O2/c1-16(2)21(17-7-4-3-5-8-17)25-22(27)19-9-6-14-26(15-19)23(28)18-10-12-20(24)13-11-18/h3-5,7-8,10-13,16,19,21H,6,9,14-15H2,1-2H3,(H,25,27). The fourth-order valence-electron chi connectivity index (χ4n) is 3.72.